The van der Waals surface area contributed by atoms with Crippen molar-refractivity contribution in [3.63, 3.8) is 0 Å². The average Bonchev–Trinajstić information content (AvgIpc) is 2.63. The predicted molar refractivity (Wildman–Crippen MR) is 108 cm³/mol. The smallest absolute Gasteiger partial charge is 0.371 e. The van der Waals surface area contributed by atoms with Gasteiger partial charge in [0.05, 0.1) is 33.0 Å². The second kappa shape index (κ2) is 13.0. The summed E-state index contributed by atoms with van der Waals surface area (Å²) >= 11 is 5.84. The molecule has 0 aliphatic rings. The number of hydrogen-bond donors (Lipinski definition) is 0. The number of hydrogen-bond acceptors (Lipinski definition) is 8. The first kappa shape index (κ1) is 25.6. The topological polar surface area (TPSA) is 89.5 Å². The molecule has 0 amide bonds. The van der Waals surface area contributed by atoms with Gasteiger partial charge in [-0.2, -0.15) is 0 Å². The lowest BCUT2D eigenvalue weighted by Gasteiger charge is -2.31. The van der Waals surface area contributed by atoms with Crippen LogP contribution in [0.1, 0.15) is 27.7 Å². The molecule has 1 aromatic carbocycles. The monoisotopic (exact) mass is 458 g/mol. The Morgan fingerprint density at radius 1 is 0.786 bits per heavy atom. The summed E-state index contributed by atoms with van der Waals surface area (Å²) in [5, 5.41) is 0.590. The minimum Gasteiger partial charge on any atom is -0.491 e. The van der Waals surface area contributed by atoms with Gasteiger partial charge in [-0.15, -0.1) is 0 Å². The molecule has 0 bridgehead atoms. The zero-order chi connectivity index (χ0) is 21.0. The van der Waals surface area contributed by atoms with Gasteiger partial charge in [-0.1, -0.05) is 11.6 Å². The molecular formula is C17H29ClO8P2. The third-order valence-corrected chi connectivity index (χ3v) is 9.01. The molecular weight excluding hydrogens is 430 g/mol. The molecule has 28 heavy (non-hydrogen) atoms. The van der Waals surface area contributed by atoms with E-state index in [1.807, 2.05) is 0 Å². The van der Waals surface area contributed by atoms with Crippen LogP contribution in [0.25, 0.3) is 0 Å². The zero-order valence-corrected chi connectivity index (χ0v) is 19.2. The van der Waals surface area contributed by atoms with E-state index in [0.29, 0.717) is 10.8 Å². The first-order valence-electron chi connectivity index (χ1n) is 9.12. The maximum atomic E-state index is 13.3. The Hall–Kier alpha value is -0.430. The highest BCUT2D eigenvalue weighted by molar-refractivity contribution is 7.72. The summed E-state index contributed by atoms with van der Waals surface area (Å²) in [7, 11) is -7.87. The van der Waals surface area contributed by atoms with Crippen LogP contribution in [0.2, 0.25) is 5.02 Å². The summed E-state index contributed by atoms with van der Waals surface area (Å²) in [5.41, 5.74) is -1.52. The Labute approximate surface area is 171 Å². The van der Waals surface area contributed by atoms with E-state index >= 15 is 0 Å². The number of ether oxygens (including phenoxy) is 2. The maximum absolute atomic E-state index is 13.3. The molecule has 0 fully saturated rings. The van der Waals surface area contributed by atoms with E-state index in [1.165, 1.54) is 0 Å². The van der Waals surface area contributed by atoms with E-state index in [-0.39, 0.29) is 39.6 Å². The molecule has 0 radical (unpaired) electrons. The van der Waals surface area contributed by atoms with Crippen LogP contribution in [0.4, 0.5) is 0 Å². The third kappa shape index (κ3) is 7.77. The summed E-state index contributed by atoms with van der Waals surface area (Å²) in [6.45, 7) is 6.99. The summed E-state index contributed by atoms with van der Waals surface area (Å²) in [4.78, 5) is 0. The molecule has 1 aromatic rings. The quantitative estimate of drug-likeness (QED) is 0.249. The highest BCUT2D eigenvalue weighted by Crippen LogP contribution is 2.70. The van der Waals surface area contributed by atoms with Gasteiger partial charge in [-0.05, 0) is 52.0 Å². The van der Waals surface area contributed by atoms with Crippen molar-refractivity contribution >= 4 is 26.8 Å². The molecule has 0 spiro atoms. The minimum atomic E-state index is -3.94. The summed E-state index contributed by atoms with van der Waals surface area (Å²) < 4.78 is 59.0. The molecule has 0 saturated heterocycles. The van der Waals surface area contributed by atoms with Crippen molar-refractivity contribution in [2.75, 3.05) is 39.6 Å². The van der Waals surface area contributed by atoms with E-state index in [2.05, 4.69) is 0 Å². The lowest BCUT2D eigenvalue weighted by molar-refractivity contribution is 0.0642. The van der Waals surface area contributed by atoms with Gasteiger partial charge in [0.1, 0.15) is 12.4 Å². The Morgan fingerprint density at radius 3 is 1.61 bits per heavy atom. The van der Waals surface area contributed by atoms with Crippen LogP contribution < -0.4 is 4.74 Å². The van der Waals surface area contributed by atoms with Crippen molar-refractivity contribution in [3.05, 3.63) is 29.3 Å². The lowest BCUT2D eigenvalue weighted by Crippen LogP contribution is -2.23. The van der Waals surface area contributed by atoms with E-state index in [9.17, 15) is 9.13 Å². The van der Waals surface area contributed by atoms with Gasteiger partial charge in [0.2, 0.25) is 0 Å². The highest BCUT2D eigenvalue weighted by atomic mass is 35.5. The Morgan fingerprint density at radius 2 is 1.21 bits per heavy atom. The first-order valence-corrected chi connectivity index (χ1v) is 12.7. The van der Waals surface area contributed by atoms with E-state index in [1.54, 1.807) is 52.0 Å². The Kier molecular flexibility index (Phi) is 11.9. The first-order chi connectivity index (χ1) is 13.3. The number of rotatable bonds is 15. The molecule has 0 aliphatic carbocycles. The average molecular weight is 459 g/mol. The van der Waals surface area contributed by atoms with E-state index in [0.717, 1.165) is 0 Å². The van der Waals surface area contributed by atoms with Gasteiger partial charge in [-0.25, -0.2) is 0 Å². The van der Waals surface area contributed by atoms with Gasteiger partial charge >= 0.3 is 15.2 Å². The van der Waals surface area contributed by atoms with Crippen LogP contribution in [0.3, 0.4) is 0 Å². The molecule has 0 aromatic heterocycles. The fourth-order valence-electron chi connectivity index (χ4n) is 2.25. The fourth-order valence-corrected chi connectivity index (χ4v) is 7.24. The van der Waals surface area contributed by atoms with Crippen molar-refractivity contribution in [3.8, 4) is 5.75 Å². The van der Waals surface area contributed by atoms with Gasteiger partial charge in [0, 0.05) is 5.02 Å². The van der Waals surface area contributed by atoms with Crippen molar-refractivity contribution in [1.82, 2.24) is 0 Å². The van der Waals surface area contributed by atoms with Crippen molar-refractivity contribution in [1.29, 1.82) is 0 Å². The largest absolute Gasteiger partial charge is 0.491 e. The van der Waals surface area contributed by atoms with Crippen LogP contribution in [-0.4, -0.2) is 45.2 Å². The number of halogens is 1. The normalized spacial score (nSPS) is 12.5. The minimum absolute atomic E-state index is 0.0401. The predicted octanol–water partition coefficient (Wildman–Crippen LogP) is 5.55. The third-order valence-electron chi connectivity index (χ3n) is 3.21. The summed E-state index contributed by atoms with van der Waals surface area (Å²) in [5.74, 6) is 0.583. The number of benzene rings is 1. The zero-order valence-electron chi connectivity index (χ0n) is 16.7. The second-order valence-electron chi connectivity index (χ2n) is 5.25. The van der Waals surface area contributed by atoms with Crippen LogP contribution in [-0.2, 0) is 32.0 Å². The van der Waals surface area contributed by atoms with E-state index in [4.69, 9.17) is 39.2 Å². The van der Waals surface area contributed by atoms with Gasteiger partial charge in [0.15, 0.2) is 0 Å². The standard InChI is InChI=1S/C17H29ClO8P2/c1-5-23-27(19,24-6-2)17(28(20,25-7-3)26-8-4)22-14-13-21-16-11-9-15(18)10-12-16/h9-12,17H,5-8,13-14H2,1-4H3. The molecule has 11 heteroatoms. The van der Waals surface area contributed by atoms with Crippen molar-refractivity contribution in [2.45, 2.75) is 33.3 Å². The molecule has 8 nitrogen and oxygen atoms in total. The van der Waals surface area contributed by atoms with Crippen LogP contribution in [0, 0.1) is 0 Å². The van der Waals surface area contributed by atoms with Gasteiger partial charge < -0.3 is 27.6 Å². The van der Waals surface area contributed by atoms with Crippen molar-refractivity contribution in [2.24, 2.45) is 0 Å². The van der Waals surface area contributed by atoms with Crippen molar-refractivity contribution < 1.29 is 36.7 Å². The SMILES string of the molecule is CCOP(=O)(OCC)C(OCCOc1ccc(Cl)cc1)P(=O)(OCC)OCC. The molecule has 0 aliphatic heterocycles. The Balaban J connectivity index is 2.93. The molecule has 0 heterocycles. The molecule has 0 saturated carbocycles. The summed E-state index contributed by atoms with van der Waals surface area (Å²) in [6, 6.07) is 6.79. The molecule has 0 N–H and O–H groups in total. The fraction of sp³-hybridized carbons (Fsp3) is 0.647. The molecule has 0 unspecified atom stereocenters. The highest BCUT2D eigenvalue weighted by Gasteiger charge is 2.52. The van der Waals surface area contributed by atoms with Crippen LogP contribution in [0.15, 0.2) is 24.3 Å². The molecule has 0 atom stereocenters. The Bertz CT molecular complexity index is 605. The van der Waals surface area contributed by atoms with Crippen LogP contribution in [0.5, 0.6) is 5.75 Å². The molecule has 162 valence electrons. The maximum Gasteiger partial charge on any atom is 0.371 e. The van der Waals surface area contributed by atoms with Gasteiger partial charge in [-0.3, -0.25) is 9.13 Å². The van der Waals surface area contributed by atoms with Gasteiger partial charge in [0.25, 0.3) is 5.59 Å². The second-order valence-corrected chi connectivity index (χ2v) is 10.2. The molecule has 1 rings (SSSR count). The van der Waals surface area contributed by atoms with E-state index < -0.39 is 20.8 Å². The van der Waals surface area contributed by atoms with Crippen LogP contribution >= 0.6 is 26.8 Å². The summed E-state index contributed by atoms with van der Waals surface area (Å²) in [6.07, 6.45) is 0. The lowest BCUT2D eigenvalue weighted by atomic mass is 10.3.